The van der Waals surface area contributed by atoms with Gasteiger partial charge in [0.05, 0.1) is 0 Å². The summed E-state index contributed by atoms with van der Waals surface area (Å²) in [5.41, 5.74) is 0. The van der Waals surface area contributed by atoms with Crippen LogP contribution in [0.3, 0.4) is 0 Å². The summed E-state index contributed by atoms with van der Waals surface area (Å²) in [4.78, 5) is 0. The Morgan fingerprint density at radius 3 is 0.769 bits per heavy atom. The molecule has 1 aliphatic rings. The van der Waals surface area contributed by atoms with E-state index in [0.29, 0.717) is 0 Å². The fraction of sp³-hybridized carbons (Fsp3) is 0.462. The van der Waals surface area contributed by atoms with Gasteiger partial charge in [0.15, 0.2) is 0 Å². The minimum Gasteiger partial charge on any atom is -0.0845 e. The molecule has 0 aromatic heterocycles. The van der Waals surface area contributed by atoms with Crippen molar-refractivity contribution in [3.05, 3.63) is 85.1 Å². The van der Waals surface area contributed by atoms with E-state index in [2.05, 4.69) is 85.1 Å². The summed E-state index contributed by atoms with van der Waals surface area (Å²) < 4.78 is 0. The van der Waals surface area contributed by atoms with Gasteiger partial charge < -0.3 is 0 Å². The molecule has 0 heterocycles. The first-order valence-electron chi connectivity index (χ1n) is 10.6. The second-order valence-corrected chi connectivity index (χ2v) is 6.89. The van der Waals surface area contributed by atoms with E-state index in [0.717, 1.165) is 0 Å². The maximum atomic E-state index is 2.29. The summed E-state index contributed by atoms with van der Waals surface area (Å²) >= 11 is 0. The Bertz CT molecular complexity index is 448. The lowest BCUT2D eigenvalue weighted by molar-refractivity contribution is 0.553. The van der Waals surface area contributed by atoms with Gasteiger partial charge in [0.2, 0.25) is 0 Å². The Hall–Kier alpha value is -1.82. The maximum Gasteiger partial charge on any atom is -0.0348 e. The van der Waals surface area contributed by atoms with Crippen LogP contribution in [-0.4, -0.2) is 0 Å². The fourth-order valence-corrected chi connectivity index (χ4v) is 2.93. The minimum atomic E-state index is 1.21. The average Bonchev–Trinajstić information content (AvgIpc) is 2.65. The molecule has 0 unspecified atom stereocenters. The Morgan fingerprint density at radius 2 is 0.462 bits per heavy atom. The van der Waals surface area contributed by atoms with Gasteiger partial charge in [0, 0.05) is 0 Å². The summed E-state index contributed by atoms with van der Waals surface area (Å²) in [6.07, 6.45) is 46.0. The van der Waals surface area contributed by atoms with Crippen molar-refractivity contribution in [2.24, 2.45) is 0 Å². The molecular formula is C26H38. The maximum absolute atomic E-state index is 2.29. The van der Waals surface area contributed by atoms with Crippen molar-refractivity contribution in [2.75, 3.05) is 0 Å². The quantitative estimate of drug-likeness (QED) is 0.410. The predicted octanol–water partition coefficient (Wildman–Crippen LogP) is 8.57. The zero-order chi connectivity index (χ0) is 18.4. The van der Waals surface area contributed by atoms with Gasteiger partial charge in [0.1, 0.15) is 0 Å². The zero-order valence-corrected chi connectivity index (χ0v) is 16.6. The highest BCUT2D eigenvalue weighted by Gasteiger charge is 1.92. The first-order valence-corrected chi connectivity index (χ1v) is 10.6. The molecule has 0 saturated carbocycles. The molecule has 1 rings (SSSR count). The lowest BCUT2D eigenvalue weighted by Crippen LogP contribution is -1.82. The third kappa shape index (κ3) is 17.0. The Kier molecular flexibility index (Phi) is 16.7. The minimum absolute atomic E-state index is 1.21. The van der Waals surface area contributed by atoms with Crippen molar-refractivity contribution in [3.63, 3.8) is 0 Å². The summed E-state index contributed by atoms with van der Waals surface area (Å²) in [5, 5.41) is 0. The average molecular weight is 351 g/mol. The zero-order valence-electron chi connectivity index (χ0n) is 16.6. The molecule has 0 radical (unpaired) electrons. The van der Waals surface area contributed by atoms with Crippen molar-refractivity contribution >= 4 is 0 Å². The molecule has 0 aromatic rings. The second kappa shape index (κ2) is 19.5. The van der Waals surface area contributed by atoms with E-state index >= 15 is 0 Å². The van der Waals surface area contributed by atoms with E-state index in [4.69, 9.17) is 0 Å². The highest BCUT2D eigenvalue weighted by atomic mass is 14.0. The van der Waals surface area contributed by atoms with E-state index in [1.54, 1.807) is 0 Å². The standard InChI is InChI=1S/C26H38/c1-2-4-6-8-10-12-14-16-18-20-22-24-26-25-23-21-19-17-15-13-11-9-7-5-3-1/h1-14H,15-26H2/b2-1+,5-3-,6-4+,9-7+,10-8+,13-11?,14-12-. The van der Waals surface area contributed by atoms with Crippen molar-refractivity contribution in [3.8, 4) is 0 Å². The van der Waals surface area contributed by atoms with E-state index in [1.165, 1.54) is 77.0 Å². The van der Waals surface area contributed by atoms with E-state index in [1.807, 2.05) is 0 Å². The van der Waals surface area contributed by atoms with Gasteiger partial charge in [-0.15, -0.1) is 0 Å². The topological polar surface area (TPSA) is 0 Å². The van der Waals surface area contributed by atoms with Crippen LogP contribution in [0.2, 0.25) is 0 Å². The highest BCUT2D eigenvalue weighted by Crippen LogP contribution is 2.12. The normalized spacial score (nSPS) is 27.1. The summed E-state index contributed by atoms with van der Waals surface area (Å²) in [5.74, 6) is 0. The van der Waals surface area contributed by atoms with Crippen LogP contribution >= 0.6 is 0 Å². The monoisotopic (exact) mass is 350 g/mol. The first-order chi connectivity index (χ1) is 13.0. The second-order valence-electron chi connectivity index (χ2n) is 6.89. The number of hydrogen-bond donors (Lipinski definition) is 0. The molecule has 0 nitrogen and oxygen atoms in total. The van der Waals surface area contributed by atoms with Gasteiger partial charge in [0.25, 0.3) is 0 Å². The SMILES string of the molecule is C1=CCCCCCCCCCCCC\C=C/C=C/C=C/C=C/C=C\C=C\1. The Labute approximate surface area is 162 Å². The van der Waals surface area contributed by atoms with Gasteiger partial charge >= 0.3 is 0 Å². The molecule has 0 heteroatoms. The molecule has 1 aliphatic carbocycles. The molecule has 0 saturated heterocycles. The number of hydrogen-bond acceptors (Lipinski definition) is 0. The van der Waals surface area contributed by atoms with Gasteiger partial charge in [-0.3, -0.25) is 0 Å². The Balaban J connectivity index is 2.34. The number of rotatable bonds is 0. The molecule has 0 aliphatic heterocycles. The van der Waals surface area contributed by atoms with Crippen LogP contribution in [0.1, 0.15) is 77.0 Å². The van der Waals surface area contributed by atoms with Crippen molar-refractivity contribution in [1.82, 2.24) is 0 Å². The fourth-order valence-electron chi connectivity index (χ4n) is 2.93. The summed E-state index contributed by atoms with van der Waals surface area (Å²) in [6, 6.07) is 0. The summed E-state index contributed by atoms with van der Waals surface area (Å²) in [7, 11) is 0. The molecule has 0 bridgehead atoms. The lowest BCUT2D eigenvalue weighted by Gasteiger charge is -2.01. The van der Waals surface area contributed by atoms with Gasteiger partial charge in [-0.1, -0.05) is 136 Å². The van der Waals surface area contributed by atoms with Crippen LogP contribution in [0.4, 0.5) is 0 Å². The molecule has 0 aromatic carbocycles. The summed E-state index contributed by atoms with van der Waals surface area (Å²) in [6.45, 7) is 0. The van der Waals surface area contributed by atoms with Crippen molar-refractivity contribution in [1.29, 1.82) is 0 Å². The number of allylic oxidation sites excluding steroid dienone is 14. The molecule has 0 atom stereocenters. The highest BCUT2D eigenvalue weighted by molar-refractivity contribution is 5.20. The van der Waals surface area contributed by atoms with Gasteiger partial charge in [-0.2, -0.15) is 0 Å². The lowest BCUT2D eigenvalue weighted by atomic mass is 10.0. The third-order valence-electron chi connectivity index (χ3n) is 4.49. The van der Waals surface area contributed by atoms with Gasteiger partial charge in [-0.25, -0.2) is 0 Å². The van der Waals surface area contributed by atoms with E-state index in [-0.39, 0.29) is 0 Å². The molecule has 0 spiro atoms. The van der Waals surface area contributed by atoms with E-state index < -0.39 is 0 Å². The molecule has 0 fully saturated rings. The molecule has 0 N–H and O–H groups in total. The van der Waals surface area contributed by atoms with E-state index in [9.17, 15) is 0 Å². The third-order valence-corrected chi connectivity index (χ3v) is 4.49. The Morgan fingerprint density at radius 1 is 0.231 bits per heavy atom. The van der Waals surface area contributed by atoms with Crippen LogP contribution < -0.4 is 0 Å². The van der Waals surface area contributed by atoms with Crippen molar-refractivity contribution < 1.29 is 0 Å². The van der Waals surface area contributed by atoms with Crippen LogP contribution in [0, 0.1) is 0 Å². The van der Waals surface area contributed by atoms with Crippen LogP contribution in [0.5, 0.6) is 0 Å². The molecular weight excluding hydrogens is 312 g/mol. The predicted molar refractivity (Wildman–Crippen MR) is 119 cm³/mol. The molecule has 142 valence electrons. The molecule has 0 amide bonds. The van der Waals surface area contributed by atoms with Crippen LogP contribution in [0.15, 0.2) is 85.1 Å². The van der Waals surface area contributed by atoms with Crippen LogP contribution in [-0.2, 0) is 0 Å². The van der Waals surface area contributed by atoms with Crippen molar-refractivity contribution in [2.45, 2.75) is 77.0 Å². The molecule has 26 heavy (non-hydrogen) atoms. The first kappa shape index (κ1) is 22.2. The van der Waals surface area contributed by atoms with Crippen LogP contribution in [0.25, 0.3) is 0 Å². The largest absolute Gasteiger partial charge is 0.0845 e. The smallest absolute Gasteiger partial charge is 0.0348 e. The van der Waals surface area contributed by atoms with Gasteiger partial charge in [-0.05, 0) is 25.7 Å².